The van der Waals surface area contributed by atoms with Crippen molar-refractivity contribution in [1.82, 2.24) is 0 Å². The third-order valence-electron chi connectivity index (χ3n) is 1.30. The standard InChI is InChI=1S/C7H9O2/c1-6-3-5-9-7(6)2-4-8/h3,5H,2,4H2,1H3. The molecule has 49 valence electrons. The Labute approximate surface area is 54.1 Å². The number of hydrogen-bond acceptors (Lipinski definition) is 1. The van der Waals surface area contributed by atoms with Crippen LogP contribution in [0, 0.1) is 6.92 Å². The van der Waals surface area contributed by atoms with Crippen LogP contribution >= 0.6 is 0 Å². The van der Waals surface area contributed by atoms with Gasteiger partial charge in [0.05, 0.1) is 12.9 Å². The Balaban J connectivity index is 2.69. The van der Waals surface area contributed by atoms with Gasteiger partial charge < -0.3 is 4.42 Å². The van der Waals surface area contributed by atoms with Crippen LogP contribution in [0.5, 0.6) is 0 Å². The van der Waals surface area contributed by atoms with Crippen LogP contribution < -0.4 is 0 Å². The predicted molar refractivity (Wildman–Crippen MR) is 32.7 cm³/mol. The van der Waals surface area contributed by atoms with Crippen molar-refractivity contribution in [1.29, 1.82) is 0 Å². The van der Waals surface area contributed by atoms with Gasteiger partial charge in [-0.2, -0.15) is 0 Å². The maximum atomic E-state index is 10.1. The molecule has 2 nitrogen and oxygen atoms in total. The molecule has 0 N–H and O–H groups in total. The van der Waals surface area contributed by atoms with Gasteiger partial charge in [-0.15, -0.1) is 0 Å². The summed E-state index contributed by atoms with van der Waals surface area (Å²) in [5.74, 6) is 0.824. The molecule has 0 fully saturated rings. The lowest BCUT2D eigenvalue weighted by Crippen LogP contribution is -1.87. The summed E-state index contributed by atoms with van der Waals surface area (Å²) >= 11 is 0. The summed E-state index contributed by atoms with van der Waals surface area (Å²) in [6.45, 7) is 1.85. The summed E-state index contributed by atoms with van der Waals surface area (Å²) in [4.78, 5) is 0. The van der Waals surface area contributed by atoms with Crippen LogP contribution in [-0.4, -0.2) is 6.61 Å². The molecule has 0 amide bonds. The van der Waals surface area contributed by atoms with Gasteiger partial charge in [0.25, 0.3) is 0 Å². The molecular weight excluding hydrogens is 116 g/mol. The molecule has 0 aromatic carbocycles. The summed E-state index contributed by atoms with van der Waals surface area (Å²) in [6, 6.07) is 1.87. The predicted octanol–water partition coefficient (Wildman–Crippen LogP) is 1.56. The van der Waals surface area contributed by atoms with Gasteiger partial charge in [-0.3, -0.25) is 0 Å². The van der Waals surface area contributed by atoms with E-state index in [1.54, 1.807) is 6.26 Å². The van der Waals surface area contributed by atoms with E-state index in [0.29, 0.717) is 6.42 Å². The van der Waals surface area contributed by atoms with Gasteiger partial charge in [-0.05, 0) is 18.6 Å². The monoisotopic (exact) mass is 125 g/mol. The third-order valence-corrected chi connectivity index (χ3v) is 1.30. The second-order valence-corrected chi connectivity index (χ2v) is 1.98. The molecule has 1 heterocycles. The summed E-state index contributed by atoms with van der Waals surface area (Å²) < 4.78 is 5.00. The smallest absolute Gasteiger partial charge is 0.109 e. The molecule has 0 bridgehead atoms. The molecule has 0 spiro atoms. The van der Waals surface area contributed by atoms with Crippen LogP contribution in [0.1, 0.15) is 11.3 Å². The van der Waals surface area contributed by atoms with E-state index in [1.165, 1.54) is 0 Å². The molecule has 0 aliphatic rings. The molecule has 9 heavy (non-hydrogen) atoms. The topological polar surface area (TPSA) is 33.0 Å². The molecule has 0 unspecified atom stereocenters. The molecule has 0 atom stereocenters. The van der Waals surface area contributed by atoms with Gasteiger partial charge in [-0.1, -0.05) is 0 Å². The van der Waals surface area contributed by atoms with Crippen molar-refractivity contribution in [2.75, 3.05) is 6.61 Å². The molecular formula is C7H9O2. The van der Waals surface area contributed by atoms with Crippen LogP contribution in [0.2, 0.25) is 0 Å². The molecule has 0 aliphatic carbocycles. The van der Waals surface area contributed by atoms with Gasteiger partial charge >= 0.3 is 0 Å². The van der Waals surface area contributed by atoms with E-state index < -0.39 is 0 Å². The Bertz CT molecular complexity index is 179. The highest BCUT2D eigenvalue weighted by molar-refractivity contribution is 5.14. The van der Waals surface area contributed by atoms with E-state index in [1.807, 2.05) is 13.0 Å². The first-order valence-electron chi connectivity index (χ1n) is 2.95. The van der Waals surface area contributed by atoms with Crippen LogP contribution in [-0.2, 0) is 11.5 Å². The lowest BCUT2D eigenvalue weighted by atomic mass is 10.2. The van der Waals surface area contributed by atoms with Crippen molar-refractivity contribution in [2.45, 2.75) is 13.3 Å². The maximum Gasteiger partial charge on any atom is 0.109 e. The zero-order valence-corrected chi connectivity index (χ0v) is 5.39. The Hall–Kier alpha value is -0.760. The summed E-state index contributed by atoms with van der Waals surface area (Å²) in [5.41, 5.74) is 1.07. The second-order valence-electron chi connectivity index (χ2n) is 1.98. The number of aryl methyl sites for hydroxylation is 1. The highest BCUT2D eigenvalue weighted by atomic mass is 16.3. The molecule has 0 saturated heterocycles. The van der Waals surface area contributed by atoms with Crippen molar-refractivity contribution in [3.8, 4) is 0 Å². The molecule has 1 aromatic rings. The Kier molecular flexibility index (Phi) is 1.90. The van der Waals surface area contributed by atoms with Crippen LogP contribution in [0.15, 0.2) is 16.7 Å². The highest BCUT2D eigenvalue weighted by Gasteiger charge is 1.98. The number of hydrogen-bond donors (Lipinski definition) is 0. The minimum Gasteiger partial charge on any atom is -0.469 e. The van der Waals surface area contributed by atoms with Crippen molar-refractivity contribution < 1.29 is 9.52 Å². The molecule has 2 heteroatoms. The van der Waals surface area contributed by atoms with Gasteiger partial charge in [-0.25, -0.2) is 5.11 Å². The largest absolute Gasteiger partial charge is 0.469 e. The number of rotatable bonds is 2. The Morgan fingerprint density at radius 3 is 2.89 bits per heavy atom. The van der Waals surface area contributed by atoms with E-state index in [2.05, 4.69) is 0 Å². The van der Waals surface area contributed by atoms with Gasteiger partial charge in [0.1, 0.15) is 5.76 Å². The third kappa shape index (κ3) is 1.33. The molecule has 0 saturated carbocycles. The van der Waals surface area contributed by atoms with E-state index in [0.717, 1.165) is 11.3 Å². The fourth-order valence-corrected chi connectivity index (χ4v) is 0.753. The second kappa shape index (κ2) is 2.69. The summed E-state index contributed by atoms with van der Waals surface area (Å²) in [6.07, 6.45) is 2.12. The van der Waals surface area contributed by atoms with E-state index in [9.17, 15) is 5.11 Å². The van der Waals surface area contributed by atoms with Gasteiger partial charge in [0.2, 0.25) is 0 Å². The van der Waals surface area contributed by atoms with Crippen molar-refractivity contribution in [3.05, 3.63) is 23.7 Å². The minimum atomic E-state index is -0.0889. The average Bonchev–Trinajstić information content (AvgIpc) is 2.18. The van der Waals surface area contributed by atoms with Crippen molar-refractivity contribution in [3.63, 3.8) is 0 Å². The normalized spacial score (nSPS) is 10.0. The van der Waals surface area contributed by atoms with E-state index in [4.69, 9.17) is 4.42 Å². The van der Waals surface area contributed by atoms with Crippen molar-refractivity contribution in [2.24, 2.45) is 0 Å². The summed E-state index contributed by atoms with van der Waals surface area (Å²) in [5, 5.41) is 10.1. The lowest BCUT2D eigenvalue weighted by Gasteiger charge is -1.89. The first-order valence-corrected chi connectivity index (χ1v) is 2.95. The molecule has 1 rings (SSSR count). The van der Waals surface area contributed by atoms with Crippen LogP contribution in [0.25, 0.3) is 0 Å². The quantitative estimate of drug-likeness (QED) is 0.590. The van der Waals surface area contributed by atoms with Gasteiger partial charge in [0, 0.05) is 6.42 Å². The van der Waals surface area contributed by atoms with Crippen LogP contribution in [0.4, 0.5) is 0 Å². The average molecular weight is 125 g/mol. The molecule has 1 radical (unpaired) electrons. The Morgan fingerprint density at radius 2 is 2.44 bits per heavy atom. The minimum absolute atomic E-state index is 0.0889. The summed E-state index contributed by atoms with van der Waals surface area (Å²) in [7, 11) is 0. The van der Waals surface area contributed by atoms with Crippen molar-refractivity contribution >= 4 is 0 Å². The van der Waals surface area contributed by atoms with E-state index >= 15 is 0 Å². The SMILES string of the molecule is Cc1ccoc1CC[O]. The first-order chi connectivity index (χ1) is 4.34. The fraction of sp³-hybridized carbons (Fsp3) is 0.429. The highest BCUT2D eigenvalue weighted by Crippen LogP contribution is 2.08. The fourth-order valence-electron chi connectivity index (χ4n) is 0.753. The lowest BCUT2D eigenvalue weighted by molar-refractivity contribution is 0.191. The molecule has 1 aromatic heterocycles. The maximum absolute atomic E-state index is 10.1. The first kappa shape index (κ1) is 6.36. The van der Waals surface area contributed by atoms with E-state index in [-0.39, 0.29) is 6.61 Å². The molecule has 0 aliphatic heterocycles. The van der Waals surface area contributed by atoms with Crippen LogP contribution in [0.3, 0.4) is 0 Å². The number of furan rings is 1. The Morgan fingerprint density at radius 1 is 1.67 bits per heavy atom. The van der Waals surface area contributed by atoms with Gasteiger partial charge in [0.15, 0.2) is 0 Å². The zero-order chi connectivity index (χ0) is 6.69. The zero-order valence-electron chi connectivity index (χ0n) is 5.39.